The van der Waals surface area contributed by atoms with Gasteiger partial charge in [0.2, 0.25) is 0 Å². The lowest BCUT2D eigenvalue weighted by atomic mass is 9.88. The molecule has 0 spiro atoms. The highest BCUT2D eigenvalue weighted by molar-refractivity contribution is 6.34. The standard InChI is InChI=1S/C19H26N4O2.C13H17N5.C11H22N2O2.C7H4ClN3.ClH/c1-13-9-14(10-16(24)25-19(2,3)4)12-23(11-13)15-5-6-21-18-17(15)20-7-8-22-18;1-9-6-10(14)8-18(7-9)11-2-3-16-13-12(11)15-4-5-17-13;1-8-5-9(7-12-6-8)13-10(14)15-11(2,3)4;8-5-1-2-10-7-6(5)9-3-4-11-7;/h5-8,13-14H,9-12H2,1-4H3;2-5,9-10H,6-8,14H2,1H3;8-9,12H,5-7H2,1-4H3,(H,13,14);1-4H;1H/t13-,14-;9-,10+;8-,9+;;/m000../s1. The summed E-state index contributed by atoms with van der Waals surface area (Å²) >= 11 is 5.81. The molecule has 6 atom stereocenters. The minimum atomic E-state index is -0.437. The van der Waals surface area contributed by atoms with Crippen LogP contribution in [0.1, 0.15) is 88.0 Å². The summed E-state index contributed by atoms with van der Waals surface area (Å²) in [6, 6.07) is 6.11. The molecule has 0 radical (unpaired) electrons. The van der Waals surface area contributed by atoms with Gasteiger partial charge in [-0.25, -0.2) is 49.7 Å². The van der Waals surface area contributed by atoms with Crippen molar-refractivity contribution in [2.75, 3.05) is 49.1 Å². The van der Waals surface area contributed by atoms with E-state index in [-0.39, 0.29) is 42.5 Å². The zero-order chi connectivity index (χ0) is 49.7. The number of carbonyl (C=O) groups is 2. The van der Waals surface area contributed by atoms with Crippen molar-refractivity contribution in [3.05, 3.63) is 79.0 Å². The first-order chi connectivity index (χ1) is 32.8. The van der Waals surface area contributed by atoms with Crippen LogP contribution in [0.3, 0.4) is 0 Å². The van der Waals surface area contributed by atoms with Crippen LogP contribution in [0.25, 0.3) is 33.5 Å². The van der Waals surface area contributed by atoms with Gasteiger partial charge >= 0.3 is 12.1 Å². The number of aromatic nitrogens is 9. The predicted octanol–water partition coefficient (Wildman–Crippen LogP) is 8.03. The number of hydrogen-bond donors (Lipinski definition) is 3. The third kappa shape index (κ3) is 17.0. The van der Waals surface area contributed by atoms with Crippen molar-refractivity contribution < 1.29 is 19.1 Å². The van der Waals surface area contributed by atoms with Gasteiger partial charge in [-0.15, -0.1) is 12.4 Å². The lowest BCUT2D eigenvalue weighted by Gasteiger charge is -2.38. The summed E-state index contributed by atoms with van der Waals surface area (Å²) in [7, 11) is 0. The number of carbonyl (C=O) groups excluding carboxylic acids is 2. The molecule has 0 unspecified atom stereocenters. The highest BCUT2D eigenvalue weighted by Crippen LogP contribution is 2.32. The number of ether oxygens (including phenoxy) is 2. The van der Waals surface area contributed by atoms with Crippen LogP contribution < -0.4 is 26.2 Å². The van der Waals surface area contributed by atoms with Crippen LogP contribution in [0.2, 0.25) is 5.02 Å². The number of esters is 1. The number of amides is 1. The summed E-state index contributed by atoms with van der Waals surface area (Å²) in [5.41, 5.74) is 11.6. The van der Waals surface area contributed by atoms with Gasteiger partial charge in [0.25, 0.3) is 0 Å². The summed E-state index contributed by atoms with van der Waals surface area (Å²) in [6.45, 7) is 23.5. The quantitative estimate of drug-likeness (QED) is 0.139. The van der Waals surface area contributed by atoms with Crippen molar-refractivity contribution >= 4 is 80.9 Å². The summed E-state index contributed by atoms with van der Waals surface area (Å²) in [4.78, 5) is 66.2. The van der Waals surface area contributed by atoms with E-state index in [0.717, 1.165) is 80.9 Å². The first-order valence-corrected chi connectivity index (χ1v) is 24.2. The Kier molecular flexibility index (Phi) is 20.1. The van der Waals surface area contributed by atoms with E-state index in [4.69, 9.17) is 26.8 Å². The van der Waals surface area contributed by atoms with Crippen LogP contribution >= 0.6 is 24.0 Å². The molecular formula is C50H70Cl2N14O4. The molecule has 6 aromatic heterocycles. The smallest absolute Gasteiger partial charge is 0.407 e. The van der Waals surface area contributed by atoms with Crippen LogP contribution in [-0.2, 0) is 14.3 Å². The number of fused-ring (bicyclic) bond motifs is 3. The van der Waals surface area contributed by atoms with E-state index in [1.807, 2.05) is 53.7 Å². The zero-order valence-corrected chi connectivity index (χ0v) is 43.5. The number of alkyl carbamates (subject to hydrolysis) is 1. The maximum absolute atomic E-state index is 12.2. The first kappa shape index (κ1) is 55.2. The van der Waals surface area contributed by atoms with E-state index in [1.54, 1.807) is 61.8 Å². The van der Waals surface area contributed by atoms with E-state index in [0.29, 0.717) is 51.7 Å². The average Bonchev–Trinajstić information content (AvgIpc) is 3.28. The molecule has 0 saturated carbocycles. The zero-order valence-electron chi connectivity index (χ0n) is 41.9. The number of hydrogen-bond acceptors (Lipinski definition) is 17. The van der Waals surface area contributed by atoms with Gasteiger partial charge in [0.15, 0.2) is 16.9 Å². The van der Waals surface area contributed by atoms with Crippen molar-refractivity contribution in [2.45, 2.75) is 111 Å². The maximum atomic E-state index is 12.2. The SMILES string of the molecule is C[C@@H]1CNC[C@H](NC(=O)OC(C)(C)C)C1.C[C@H]1C[C@@H](CC(=O)OC(C)(C)C)CN(c2ccnc3nccnc23)C1.C[C@H]1C[C@@H](N)CN(c2ccnc3nccnc23)C1.Cl.Clc1ccnc2nccnc12. The third-order valence-electron chi connectivity index (χ3n) is 11.3. The van der Waals surface area contributed by atoms with Crippen molar-refractivity contribution in [2.24, 2.45) is 29.4 Å². The van der Waals surface area contributed by atoms with Gasteiger partial charge in [-0.3, -0.25) is 4.79 Å². The fourth-order valence-corrected chi connectivity index (χ4v) is 9.05. The van der Waals surface area contributed by atoms with Crippen LogP contribution in [-0.4, -0.2) is 119 Å². The normalized spacial score (nSPS) is 21.4. The summed E-state index contributed by atoms with van der Waals surface area (Å²) in [6.07, 6.45) is 18.4. The predicted molar refractivity (Wildman–Crippen MR) is 278 cm³/mol. The van der Waals surface area contributed by atoms with Crippen molar-refractivity contribution in [3.63, 3.8) is 0 Å². The van der Waals surface area contributed by atoms with Crippen LogP contribution in [0.5, 0.6) is 0 Å². The Hall–Kier alpha value is -5.69. The Balaban J connectivity index is 0.000000180. The number of piperidine rings is 3. The molecule has 0 bridgehead atoms. The average molecular weight is 1000 g/mol. The molecule has 3 fully saturated rings. The molecule has 9 heterocycles. The molecule has 3 aliphatic heterocycles. The number of pyridine rings is 3. The van der Waals surface area contributed by atoms with Gasteiger partial charge in [-0.2, -0.15) is 0 Å². The topological polar surface area (TPSA) is 225 Å². The Morgan fingerprint density at radius 1 is 0.629 bits per heavy atom. The minimum absolute atomic E-state index is 0. The van der Waals surface area contributed by atoms with Gasteiger partial charge in [0.1, 0.15) is 27.8 Å². The molecule has 3 aliphatic rings. The second-order valence-corrected chi connectivity index (χ2v) is 20.8. The maximum Gasteiger partial charge on any atom is 0.407 e. The van der Waals surface area contributed by atoms with Gasteiger partial charge in [0.05, 0.1) is 22.8 Å². The number of nitrogens with two attached hydrogens (primary N) is 1. The highest BCUT2D eigenvalue weighted by atomic mass is 35.5. The first-order valence-electron chi connectivity index (χ1n) is 23.8. The third-order valence-corrected chi connectivity index (χ3v) is 11.6. The van der Waals surface area contributed by atoms with Crippen LogP contribution in [0, 0.1) is 23.7 Å². The lowest BCUT2D eigenvalue weighted by molar-refractivity contribution is -0.156. The molecule has 4 N–H and O–H groups in total. The number of nitrogens with one attached hydrogen (secondary N) is 2. The van der Waals surface area contributed by atoms with E-state index in [2.05, 4.69) is 86.1 Å². The number of halogens is 2. The van der Waals surface area contributed by atoms with Crippen molar-refractivity contribution in [1.82, 2.24) is 55.5 Å². The Bertz CT molecular complexity index is 2590. The van der Waals surface area contributed by atoms with Crippen LogP contribution in [0.4, 0.5) is 16.2 Å². The van der Waals surface area contributed by atoms with Crippen molar-refractivity contribution in [1.29, 1.82) is 0 Å². The number of nitrogens with zero attached hydrogens (tertiary/aromatic N) is 11. The van der Waals surface area contributed by atoms with Gasteiger partial charge in [0, 0.05) is 101 Å². The molecule has 9 rings (SSSR count). The largest absolute Gasteiger partial charge is 0.460 e. The second-order valence-electron chi connectivity index (χ2n) is 20.4. The molecule has 3 saturated heterocycles. The van der Waals surface area contributed by atoms with Gasteiger partial charge < -0.3 is 35.6 Å². The molecule has 6 aromatic rings. The van der Waals surface area contributed by atoms with E-state index < -0.39 is 11.2 Å². The summed E-state index contributed by atoms with van der Waals surface area (Å²) in [5, 5.41) is 6.75. The Morgan fingerprint density at radius 2 is 1.10 bits per heavy atom. The number of rotatable bonds is 5. The van der Waals surface area contributed by atoms with Crippen molar-refractivity contribution in [3.8, 4) is 0 Å². The fraction of sp³-hybridized carbons (Fsp3) is 0.540. The molecule has 20 heteroatoms. The van der Waals surface area contributed by atoms with Crippen LogP contribution in [0.15, 0.2) is 74.0 Å². The molecular weight excluding hydrogens is 932 g/mol. The lowest BCUT2D eigenvalue weighted by Crippen LogP contribution is -2.49. The molecule has 0 aromatic carbocycles. The summed E-state index contributed by atoms with van der Waals surface area (Å²) < 4.78 is 10.7. The van der Waals surface area contributed by atoms with Gasteiger partial charge in [-0.05, 0) is 109 Å². The molecule has 70 heavy (non-hydrogen) atoms. The van der Waals surface area contributed by atoms with E-state index in [9.17, 15) is 9.59 Å². The van der Waals surface area contributed by atoms with Gasteiger partial charge in [-0.1, -0.05) is 32.4 Å². The van der Waals surface area contributed by atoms with E-state index in [1.165, 1.54) is 0 Å². The molecule has 18 nitrogen and oxygen atoms in total. The fourth-order valence-electron chi connectivity index (χ4n) is 8.86. The Morgan fingerprint density at radius 3 is 1.61 bits per heavy atom. The number of anilines is 2. The second kappa shape index (κ2) is 25.4. The van der Waals surface area contributed by atoms with E-state index >= 15 is 0 Å². The molecule has 378 valence electrons. The molecule has 0 aliphatic carbocycles. The molecule has 1 amide bonds. The summed E-state index contributed by atoms with van der Waals surface area (Å²) in [5.74, 6) is 1.87. The Labute approximate surface area is 422 Å². The highest BCUT2D eigenvalue weighted by Gasteiger charge is 2.30. The minimum Gasteiger partial charge on any atom is -0.460 e. The monoisotopic (exact) mass is 1000 g/mol.